The van der Waals surface area contributed by atoms with Crippen molar-refractivity contribution in [1.29, 1.82) is 0 Å². The number of ether oxygens (including phenoxy) is 2. The molecule has 0 saturated carbocycles. The van der Waals surface area contributed by atoms with Gasteiger partial charge >= 0.3 is 103 Å². The van der Waals surface area contributed by atoms with Gasteiger partial charge in [0.1, 0.15) is 11.7 Å². The molecule has 0 unspecified atom stereocenters. The Labute approximate surface area is 318 Å². The number of rotatable bonds is 9. The van der Waals surface area contributed by atoms with Gasteiger partial charge in [-0.05, 0) is 23.7 Å². The molecule has 1 heterocycles. The Morgan fingerprint density at radius 3 is 2.38 bits per heavy atom. The largest absolute Gasteiger partial charge is 1.00 e. The summed E-state index contributed by atoms with van der Waals surface area (Å²) in [6.07, 6.45) is 4.08. The summed E-state index contributed by atoms with van der Waals surface area (Å²) in [5.41, 5.74) is 0.869. The number of hydrogen-bond donors (Lipinski definition) is 2. The molecule has 1 aliphatic rings. The van der Waals surface area contributed by atoms with Crippen LogP contribution in [0.1, 0.15) is 18.4 Å². The van der Waals surface area contributed by atoms with Crippen molar-refractivity contribution in [2.75, 3.05) is 26.9 Å². The summed E-state index contributed by atoms with van der Waals surface area (Å²) in [6, 6.07) is 15.4. The minimum absolute atomic E-state index is 0. The van der Waals surface area contributed by atoms with Gasteiger partial charge in [0.05, 0.1) is 12.3 Å². The van der Waals surface area contributed by atoms with Crippen molar-refractivity contribution in [3.8, 4) is 5.75 Å². The molecule has 1 amide bonds. The maximum absolute atomic E-state index is 13.0. The van der Waals surface area contributed by atoms with Crippen molar-refractivity contribution in [3.05, 3.63) is 99.5 Å². The number of amidine groups is 1. The molecule has 3 rings (SSSR count). The summed E-state index contributed by atoms with van der Waals surface area (Å²) in [6.45, 7) is 13.1. The first-order valence-corrected chi connectivity index (χ1v) is 11.4. The maximum Gasteiger partial charge on any atom is 1.00 e. The van der Waals surface area contributed by atoms with E-state index in [0.717, 1.165) is 31.6 Å². The Morgan fingerprint density at radius 2 is 1.90 bits per heavy atom. The Hall–Kier alpha value is -0.247. The molecule has 2 aromatic carbocycles. The molecule has 0 bridgehead atoms. The van der Waals surface area contributed by atoms with Crippen molar-refractivity contribution in [2.24, 2.45) is 10.4 Å². The fourth-order valence-electron chi connectivity index (χ4n) is 2.96. The third-order valence-corrected chi connectivity index (χ3v) is 5.16. The van der Waals surface area contributed by atoms with Gasteiger partial charge in [-0.2, -0.15) is 0 Å². The van der Waals surface area contributed by atoms with Crippen molar-refractivity contribution in [1.82, 2.24) is 10.6 Å². The van der Waals surface area contributed by atoms with Gasteiger partial charge in [0.15, 0.2) is 0 Å². The molecule has 2 aromatic rings. The summed E-state index contributed by atoms with van der Waals surface area (Å²) >= 11 is 0. The van der Waals surface area contributed by atoms with Crippen LogP contribution in [0.4, 0.5) is 4.39 Å². The average molecular weight is 586 g/mol. The van der Waals surface area contributed by atoms with E-state index in [0.29, 0.717) is 18.0 Å². The van der Waals surface area contributed by atoms with Crippen LogP contribution in [0.15, 0.2) is 59.7 Å². The van der Waals surface area contributed by atoms with Crippen LogP contribution in [0, 0.1) is 44.6 Å². The van der Waals surface area contributed by atoms with Gasteiger partial charge in [-0.25, -0.2) is 16.7 Å². The van der Waals surface area contributed by atoms with Gasteiger partial charge < -0.3 is 64.4 Å². The Bertz CT molecular complexity index is 1010. The molecule has 0 radical (unpaired) electrons. The standard InChI is InChI=1S/C21H19FN3O3.C7H12O.CH3.2K/c1-15(24-20(23-2)12-16-8-10-17(22)11-9-16)21(27)25-18(13-26)14-28-19-6-4-3-5-7-19;1-7(2)3-5-8-6-4-7;;;/h4-6,8-11,18H,1,12,14H2,2H3,(H,23,24)(H,25,27);1-6H2;1H3;;/q-3;-2;-1;2*+1/t18-;;;;/m1..../s1. The monoisotopic (exact) mass is 585 g/mol. The van der Waals surface area contributed by atoms with E-state index in [9.17, 15) is 14.0 Å². The van der Waals surface area contributed by atoms with Crippen molar-refractivity contribution < 1.29 is 126 Å². The molecule has 202 valence electrons. The number of benzene rings is 2. The van der Waals surface area contributed by atoms with E-state index >= 15 is 0 Å². The number of halogens is 1. The first kappa shape index (κ1) is 40.9. The normalized spacial score (nSPS) is 14.3. The first-order chi connectivity index (χ1) is 17.2. The van der Waals surface area contributed by atoms with Crippen molar-refractivity contribution >= 4 is 18.0 Å². The fraction of sp³-hybridized carbons (Fsp3) is 0.310. The smallest absolute Gasteiger partial charge is 0.543 e. The first-order valence-electron chi connectivity index (χ1n) is 11.4. The van der Waals surface area contributed by atoms with E-state index in [1.165, 1.54) is 12.1 Å². The van der Waals surface area contributed by atoms with Crippen LogP contribution in [0.3, 0.4) is 0 Å². The number of aliphatic imine (C=N–C) groups is 1. The van der Waals surface area contributed by atoms with E-state index in [-0.39, 0.29) is 134 Å². The molecule has 39 heavy (non-hydrogen) atoms. The molecule has 0 spiro atoms. The van der Waals surface area contributed by atoms with E-state index in [2.05, 4.69) is 48.2 Å². The van der Waals surface area contributed by atoms with Gasteiger partial charge in [-0.1, -0.05) is 31.6 Å². The fourth-order valence-corrected chi connectivity index (χ4v) is 2.96. The quantitative estimate of drug-likeness (QED) is 0.114. The van der Waals surface area contributed by atoms with E-state index in [4.69, 9.17) is 9.47 Å². The number of amides is 1. The molecule has 2 N–H and O–H groups in total. The SMILES string of the molecule is C=C(NC(Cc1ccc(F)cc1)=NC)C(=O)N[C@H]([C-]=O)COc1[c-]c[c-]cc1.[CH2-]C1([CH2-])CCOCC1.[CH3-].[K+].[K+]. The Morgan fingerprint density at radius 1 is 1.26 bits per heavy atom. The van der Waals surface area contributed by atoms with Crippen LogP contribution >= 0.6 is 0 Å². The zero-order valence-corrected chi connectivity index (χ0v) is 29.7. The number of carbonyl (C=O) groups is 1. The summed E-state index contributed by atoms with van der Waals surface area (Å²) in [5, 5.41) is 5.26. The van der Waals surface area contributed by atoms with E-state index in [1.807, 2.05) is 0 Å². The molecule has 1 saturated heterocycles. The Balaban J connectivity index is 0. The van der Waals surface area contributed by atoms with Crippen LogP contribution in [0.25, 0.3) is 0 Å². The minimum Gasteiger partial charge on any atom is -0.543 e. The molecule has 1 atom stereocenters. The van der Waals surface area contributed by atoms with Gasteiger partial charge in [-0.3, -0.25) is 21.3 Å². The third-order valence-electron chi connectivity index (χ3n) is 5.16. The van der Waals surface area contributed by atoms with Crippen LogP contribution in [0.2, 0.25) is 0 Å². The zero-order chi connectivity index (χ0) is 26.4. The van der Waals surface area contributed by atoms with Crippen LogP contribution in [-0.4, -0.2) is 50.9 Å². The second-order valence-electron chi connectivity index (χ2n) is 8.30. The maximum atomic E-state index is 13.0. The van der Waals surface area contributed by atoms with E-state index < -0.39 is 11.9 Å². The van der Waals surface area contributed by atoms with Gasteiger partial charge in [0.25, 0.3) is 5.91 Å². The third kappa shape index (κ3) is 17.3. The molecular weight excluding hydrogens is 552 g/mol. The number of hydrogen-bond acceptors (Lipinski definition) is 5. The zero-order valence-electron chi connectivity index (χ0n) is 23.4. The summed E-state index contributed by atoms with van der Waals surface area (Å²) < 4.78 is 23.5. The number of nitrogens with one attached hydrogen (secondary N) is 2. The van der Waals surface area contributed by atoms with Gasteiger partial charge in [-0.15, -0.1) is 5.75 Å². The van der Waals surface area contributed by atoms with E-state index in [1.54, 1.807) is 43.7 Å². The van der Waals surface area contributed by atoms with Crippen molar-refractivity contribution in [2.45, 2.75) is 25.3 Å². The molecule has 7 nitrogen and oxygen atoms in total. The molecule has 0 aliphatic carbocycles. The topological polar surface area (TPSA) is 89.0 Å². The minimum atomic E-state index is -0.984. The van der Waals surface area contributed by atoms with Crippen molar-refractivity contribution in [3.63, 3.8) is 0 Å². The summed E-state index contributed by atoms with van der Waals surface area (Å²) in [4.78, 5) is 27.4. The van der Waals surface area contributed by atoms with Crippen LogP contribution < -0.4 is 118 Å². The molecule has 1 fully saturated rings. The molecular formula is C29H34FK2N3O4-4. The number of carbonyl (C=O) groups excluding carboxylic acids is 2. The summed E-state index contributed by atoms with van der Waals surface area (Å²) in [5.74, 6) is -0.0441. The molecule has 0 aromatic heterocycles. The summed E-state index contributed by atoms with van der Waals surface area (Å²) in [7, 11) is 1.56. The van der Waals surface area contributed by atoms with Gasteiger partial charge in [0.2, 0.25) is 0 Å². The average Bonchev–Trinajstić information content (AvgIpc) is 2.88. The molecule has 1 aliphatic heterocycles. The second kappa shape index (κ2) is 22.4. The van der Waals surface area contributed by atoms with Crippen LogP contribution in [0.5, 0.6) is 5.75 Å². The molecule has 10 heteroatoms. The van der Waals surface area contributed by atoms with Gasteiger partial charge in [0, 0.05) is 26.7 Å². The van der Waals surface area contributed by atoms with Crippen LogP contribution in [-0.2, 0) is 20.7 Å². The predicted octanol–water partition coefficient (Wildman–Crippen LogP) is -2.32. The predicted molar refractivity (Wildman–Crippen MR) is 143 cm³/mol. The Kier molecular flexibility index (Phi) is 23.4. The second-order valence-corrected chi connectivity index (χ2v) is 8.30. The number of nitrogens with zero attached hydrogens (tertiary/aromatic N) is 1.